The second-order valence-electron chi connectivity index (χ2n) is 2.37. The molecule has 11 heavy (non-hydrogen) atoms. The Morgan fingerprint density at radius 3 is 2.36 bits per heavy atom. The van der Waals surface area contributed by atoms with Gasteiger partial charge in [-0.25, -0.2) is 0 Å². The van der Waals surface area contributed by atoms with Gasteiger partial charge in [0.15, 0.2) is 0 Å². The molecule has 1 nitrogen and oxygen atoms in total. The maximum Gasteiger partial charge on any atom is 0.0908 e. The molecule has 0 amide bonds. The van der Waals surface area contributed by atoms with Crippen LogP contribution < -0.4 is 0 Å². The van der Waals surface area contributed by atoms with Crippen molar-refractivity contribution < 1.29 is 0 Å². The molecule has 0 aromatic heterocycles. The summed E-state index contributed by atoms with van der Waals surface area (Å²) >= 11 is 0. The summed E-state index contributed by atoms with van der Waals surface area (Å²) in [6.45, 7) is 2.17. The van der Waals surface area contributed by atoms with Crippen molar-refractivity contribution in [2.45, 2.75) is 32.6 Å². The molecule has 0 spiro atoms. The van der Waals surface area contributed by atoms with E-state index in [9.17, 15) is 0 Å². The zero-order valence-electron chi connectivity index (χ0n) is 7.09. The molecule has 0 aliphatic rings. The van der Waals surface area contributed by atoms with Crippen LogP contribution in [0.1, 0.15) is 32.6 Å². The first-order chi connectivity index (χ1) is 5.41. The van der Waals surface area contributed by atoms with E-state index in [0.717, 1.165) is 12.8 Å². The van der Waals surface area contributed by atoms with E-state index in [2.05, 4.69) is 19.1 Å². The number of nitrogens with zero attached hydrogens (tertiary/aromatic N) is 1. The van der Waals surface area contributed by atoms with Crippen LogP contribution in [0.5, 0.6) is 0 Å². The summed E-state index contributed by atoms with van der Waals surface area (Å²) in [7, 11) is 0. The number of hydrogen-bond acceptors (Lipinski definition) is 1. The molecule has 0 fully saturated rings. The molecule has 0 atom stereocenters. The van der Waals surface area contributed by atoms with Gasteiger partial charge in [-0.2, -0.15) is 5.26 Å². The van der Waals surface area contributed by atoms with Crippen LogP contribution in [0.25, 0.3) is 0 Å². The molecule has 1 heteroatoms. The van der Waals surface area contributed by atoms with Crippen molar-refractivity contribution in [2.24, 2.45) is 0 Å². The van der Waals surface area contributed by atoms with Gasteiger partial charge in [0.25, 0.3) is 0 Å². The first-order valence-electron chi connectivity index (χ1n) is 4.11. The zero-order valence-corrected chi connectivity index (χ0v) is 7.09. The molecular weight excluding hydrogens is 134 g/mol. The van der Waals surface area contributed by atoms with Gasteiger partial charge in [-0.1, -0.05) is 31.6 Å². The van der Waals surface area contributed by atoms with Crippen LogP contribution in [0, 0.1) is 11.3 Å². The Hall–Kier alpha value is -1.03. The Morgan fingerprint density at radius 1 is 1.09 bits per heavy atom. The maximum atomic E-state index is 8.15. The van der Waals surface area contributed by atoms with E-state index in [1.54, 1.807) is 0 Å². The van der Waals surface area contributed by atoms with Gasteiger partial charge in [-0.15, -0.1) is 0 Å². The third-order valence-electron chi connectivity index (χ3n) is 1.31. The number of allylic oxidation sites excluding steroid dienone is 4. The minimum absolute atomic E-state index is 0.980. The summed E-state index contributed by atoms with van der Waals surface area (Å²) in [5.41, 5.74) is 0. The third kappa shape index (κ3) is 8.97. The molecule has 0 aromatic carbocycles. The van der Waals surface area contributed by atoms with Crippen molar-refractivity contribution in [2.75, 3.05) is 0 Å². The van der Waals surface area contributed by atoms with E-state index in [-0.39, 0.29) is 0 Å². The lowest BCUT2D eigenvalue weighted by molar-refractivity contribution is 0.943. The molecular formula is C10H15N. The van der Waals surface area contributed by atoms with Crippen molar-refractivity contribution in [3.05, 3.63) is 24.3 Å². The van der Waals surface area contributed by atoms with E-state index >= 15 is 0 Å². The van der Waals surface area contributed by atoms with E-state index in [1.165, 1.54) is 18.9 Å². The third-order valence-corrected chi connectivity index (χ3v) is 1.31. The maximum absolute atomic E-state index is 8.15. The normalized spacial score (nSPS) is 10.9. The smallest absolute Gasteiger partial charge is 0.0908 e. The average molecular weight is 149 g/mol. The first kappa shape index (κ1) is 9.97. The van der Waals surface area contributed by atoms with Crippen LogP contribution in [-0.2, 0) is 0 Å². The summed E-state index contributed by atoms with van der Waals surface area (Å²) in [5.74, 6) is 0. The molecule has 0 rings (SSSR count). The van der Waals surface area contributed by atoms with E-state index in [4.69, 9.17) is 5.26 Å². The summed E-state index contributed by atoms with van der Waals surface area (Å²) in [6.07, 6.45) is 12.2. The molecule has 0 aromatic rings. The fourth-order valence-electron chi connectivity index (χ4n) is 0.731. The van der Waals surface area contributed by atoms with Crippen LogP contribution in [0.3, 0.4) is 0 Å². The van der Waals surface area contributed by atoms with Crippen LogP contribution >= 0.6 is 0 Å². The van der Waals surface area contributed by atoms with Gasteiger partial charge in [0, 0.05) is 6.08 Å². The second kappa shape index (κ2) is 8.97. The Kier molecular flexibility index (Phi) is 8.13. The van der Waals surface area contributed by atoms with Gasteiger partial charge in [-0.3, -0.25) is 0 Å². The SMILES string of the molecule is CCC/C=C/CC/C=C/C#N. The van der Waals surface area contributed by atoms with Gasteiger partial charge >= 0.3 is 0 Å². The monoisotopic (exact) mass is 149 g/mol. The number of nitriles is 1. The van der Waals surface area contributed by atoms with Crippen molar-refractivity contribution in [3.8, 4) is 6.07 Å². The molecule has 0 saturated heterocycles. The fourth-order valence-corrected chi connectivity index (χ4v) is 0.731. The van der Waals surface area contributed by atoms with Crippen molar-refractivity contribution in [3.63, 3.8) is 0 Å². The van der Waals surface area contributed by atoms with Crippen molar-refractivity contribution in [1.82, 2.24) is 0 Å². The fraction of sp³-hybridized carbons (Fsp3) is 0.500. The van der Waals surface area contributed by atoms with Crippen LogP contribution in [-0.4, -0.2) is 0 Å². The second-order valence-corrected chi connectivity index (χ2v) is 2.37. The van der Waals surface area contributed by atoms with Gasteiger partial charge in [-0.05, 0) is 19.3 Å². The van der Waals surface area contributed by atoms with Crippen LogP contribution in [0.4, 0.5) is 0 Å². The van der Waals surface area contributed by atoms with Gasteiger partial charge in [0.1, 0.15) is 0 Å². The Balaban J connectivity index is 3.15. The van der Waals surface area contributed by atoms with Crippen LogP contribution in [0.15, 0.2) is 24.3 Å². The molecule has 0 aliphatic carbocycles. The number of unbranched alkanes of at least 4 members (excludes halogenated alkanes) is 2. The summed E-state index contributed by atoms with van der Waals surface area (Å²) in [6, 6.07) is 1.97. The highest BCUT2D eigenvalue weighted by Gasteiger charge is 1.75. The average Bonchev–Trinajstić information content (AvgIpc) is 2.03. The first-order valence-corrected chi connectivity index (χ1v) is 4.11. The van der Waals surface area contributed by atoms with E-state index in [1.807, 2.05) is 12.1 Å². The highest BCUT2D eigenvalue weighted by atomic mass is 14.2. The van der Waals surface area contributed by atoms with Gasteiger partial charge in [0.2, 0.25) is 0 Å². The summed E-state index contributed by atoms with van der Waals surface area (Å²) in [5, 5.41) is 8.15. The van der Waals surface area contributed by atoms with E-state index in [0.29, 0.717) is 0 Å². The quantitative estimate of drug-likeness (QED) is 0.334. The van der Waals surface area contributed by atoms with Crippen LogP contribution in [0.2, 0.25) is 0 Å². The molecule has 0 heterocycles. The summed E-state index contributed by atoms with van der Waals surface area (Å²) < 4.78 is 0. The molecule has 60 valence electrons. The standard InChI is InChI=1S/C10H15N/c1-2-3-4-5-6-7-8-9-10-11/h4-5,8-9H,2-3,6-7H2,1H3/b5-4+,9-8+. The molecule has 0 unspecified atom stereocenters. The molecule has 0 N–H and O–H groups in total. The lowest BCUT2D eigenvalue weighted by Gasteiger charge is -1.85. The predicted molar refractivity (Wildman–Crippen MR) is 48.0 cm³/mol. The summed E-state index contributed by atoms with van der Waals surface area (Å²) in [4.78, 5) is 0. The minimum Gasteiger partial charge on any atom is -0.193 e. The number of hydrogen-bond donors (Lipinski definition) is 0. The zero-order chi connectivity index (χ0) is 8.36. The Morgan fingerprint density at radius 2 is 1.73 bits per heavy atom. The molecule has 0 aliphatic heterocycles. The van der Waals surface area contributed by atoms with Crippen molar-refractivity contribution >= 4 is 0 Å². The minimum atomic E-state index is 0.980. The number of rotatable bonds is 5. The molecule has 0 radical (unpaired) electrons. The van der Waals surface area contributed by atoms with E-state index < -0.39 is 0 Å². The molecule has 0 saturated carbocycles. The van der Waals surface area contributed by atoms with Crippen molar-refractivity contribution in [1.29, 1.82) is 5.26 Å². The predicted octanol–water partition coefficient (Wildman–Crippen LogP) is 3.20. The topological polar surface area (TPSA) is 23.8 Å². The largest absolute Gasteiger partial charge is 0.193 e. The Bertz CT molecular complexity index is 160. The lowest BCUT2D eigenvalue weighted by Crippen LogP contribution is -1.65. The highest BCUT2D eigenvalue weighted by Crippen LogP contribution is 1.95. The van der Waals surface area contributed by atoms with Gasteiger partial charge < -0.3 is 0 Å². The highest BCUT2D eigenvalue weighted by molar-refractivity contribution is 5.02. The molecule has 0 bridgehead atoms. The van der Waals surface area contributed by atoms with Gasteiger partial charge in [0.05, 0.1) is 6.07 Å². The Labute approximate surface area is 69.0 Å². The lowest BCUT2D eigenvalue weighted by atomic mass is 10.2.